The van der Waals surface area contributed by atoms with Crippen molar-refractivity contribution in [2.75, 3.05) is 10.6 Å². The molecule has 0 aliphatic heterocycles. The maximum atomic E-state index is 11.6. The third kappa shape index (κ3) is 6.23. The van der Waals surface area contributed by atoms with Crippen molar-refractivity contribution in [1.29, 1.82) is 0 Å². The van der Waals surface area contributed by atoms with Crippen molar-refractivity contribution < 1.29 is 4.79 Å². The predicted molar refractivity (Wildman–Crippen MR) is 123 cm³/mol. The first kappa shape index (κ1) is 21.2. The van der Waals surface area contributed by atoms with E-state index in [1.807, 2.05) is 31.2 Å². The average Bonchev–Trinajstić information content (AvgIpc) is 3.09. The van der Waals surface area contributed by atoms with Crippen LogP contribution in [0.15, 0.2) is 47.5 Å². The summed E-state index contributed by atoms with van der Waals surface area (Å²) in [6, 6.07) is 14.1. The molecule has 4 N–H and O–H groups in total. The Morgan fingerprint density at radius 3 is 2.48 bits per heavy atom. The summed E-state index contributed by atoms with van der Waals surface area (Å²) < 4.78 is 0. The van der Waals surface area contributed by atoms with E-state index in [1.165, 1.54) is 24.0 Å². The molecule has 0 bridgehead atoms. The van der Waals surface area contributed by atoms with Crippen LogP contribution in [-0.4, -0.2) is 11.9 Å². The number of anilines is 2. The molecule has 0 heterocycles. The number of carbonyl (C=O) groups is 1. The molecular weight excluding hydrogens is 451 g/mol. The van der Waals surface area contributed by atoms with Crippen LogP contribution in [0.3, 0.4) is 0 Å². The van der Waals surface area contributed by atoms with E-state index in [2.05, 4.69) is 33.8 Å². The van der Waals surface area contributed by atoms with Crippen molar-refractivity contribution in [2.45, 2.75) is 45.6 Å². The fraction of sp³-hybridized carbons (Fsp3) is 0.333. The van der Waals surface area contributed by atoms with E-state index in [4.69, 9.17) is 5.73 Å². The molecule has 0 aromatic heterocycles. The van der Waals surface area contributed by atoms with Crippen LogP contribution in [-0.2, 0) is 24.2 Å². The second kappa shape index (κ2) is 10.3. The van der Waals surface area contributed by atoms with Gasteiger partial charge in [0.1, 0.15) is 0 Å². The molecule has 3 rings (SSSR count). The zero-order valence-corrected chi connectivity index (χ0v) is 18.0. The van der Waals surface area contributed by atoms with E-state index in [0.29, 0.717) is 18.9 Å². The predicted octanol–water partition coefficient (Wildman–Crippen LogP) is 4.46. The summed E-state index contributed by atoms with van der Waals surface area (Å²) in [4.78, 5) is 16.0. The van der Waals surface area contributed by atoms with Crippen LogP contribution in [0.1, 0.15) is 42.9 Å². The third-order valence-electron chi connectivity index (χ3n) is 4.52. The van der Waals surface area contributed by atoms with Crippen LogP contribution in [0.2, 0.25) is 0 Å². The molecule has 0 atom stereocenters. The number of rotatable bonds is 6. The molecule has 2 aromatic rings. The van der Waals surface area contributed by atoms with Gasteiger partial charge in [-0.3, -0.25) is 4.79 Å². The minimum absolute atomic E-state index is 0. The van der Waals surface area contributed by atoms with Gasteiger partial charge < -0.3 is 16.4 Å². The molecule has 0 fully saturated rings. The van der Waals surface area contributed by atoms with Crippen LogP contribution >= 0.6 is 24.0 Å². The Bertz CT molecular complexity index is 802. The molecule has 144 valence electrons. The topological polar surface area (TPSA) is 79.5 Å². The Morgan fingerprint density at radius 1 is 1.04 bits per heavy atom. The van der Waals surface area contributed by atoms with Crippen LogP contribution in [0.25, 0.3) is 0 Å². The Morgan fingerprint density at radius 2 is 1.74 bits per heavy atom. The van der Waals surface area contributed by atoms with Crippen molar-refractivity contribution in [3.63, 3.8) is 0 Å². The highest BCUT2D eigenvalue weighted by atomic mass is 127. The number of halogens is 1. The molecule has 0 radical (unpaired) electrons. The van der Waals surface area contributed by atoms with E-state index in [-0.39, 0.29) is 29.9 Å². The largest absolute Gasteiger partial charge is 0.370 e. The van der Waals surface area contributed by atoms with Gasteiger partial charge in [0.15, 0.2) is 5.96 Å². The van der Waals surface area contributed by atoms with Crippen LogP contribution in [0.4, 0.5) is 11.4 Å². The highest BCUT2D eigenvalue weighted by molar-refractivity contribution is 14.0. The number of hydrogen-bond acceptors (Lipinski definition) is 2. The van der Waals surface area contributed by atoms with Gasteiger partial charge in [-0.15, -0.1) is 24.0 Å². The van der Waals surface area contributed by atoms with Crippen molar-refractivity contribution in [3.8, 4) is 0 Å². The Balaban J connectivity index is 0.00000261. The minimum atomic E-state index is 0. The first-order chi connectivity index (χ1) is 12.6. The summed E-state index contributed by atoms with van der Waals surface area (Å²) in [5.41, 5.74) is 11.7. The Hall–Kier alpha value is -2.09. The van der Waals surface area contributed by atoms with E-state index in [0.717, 1.165) is 29.8 Å². The van der Waals surface area contributed by atoms with Gasteiger partial charge in [0.05, 0.1) is 6.54 Å². The van der Waals surface area contributed by atoms with E-state index >= 15 is 0 Å². The van der Waals surface area contributed by atoms with E-state index in [9.17, 15) is 4.79 Å². The minimum Gasteiger partial charge on any atom is -0.370 e. The number of aliphatic imine (C=N–C) groups is 1. The first-order valence-corrected chi connectivity index (χ1v) is 9.21. The molecule has 1 aliphatic carbocycles. The van der Waals surface area contributed by atoms with Gasteiger partial charge in [-0.05, 0) is 66.6 Å². The first-order valence-electron chi connectivity index (χ1n) is 9.21. The summed E-state index contributed by atoms with van der Waals surface area (Å²) in [6.45, 7) is 2.48. The van der Waals surface area contributed by atoms with Crippen molar-refractivity contribution in [2.24, 2.45) is 10.7 Å². The quantitative estimate of drug-likeness (QED) is 0.326. The molecule has 1 amide bonds. The molecule has 5 nitrogen and oxygen atoms in total. The van der Waals surface area contributed by atoms with Gasteiger partial charge in [-0.2, -0.15) is 0 Å². The molecule has 1 aliphatic rings. The summed E-state index contributed by atoms with van der Waals surface area (Å²) in [7, 11) is 0. The fourth-order valence-corrected chi connectivity index (χ4v) is 3.16. The van der Waals surface area contributed by atoms with Crippen LogP contribution < -0.4 is 16.4 Å². The Labute approximate surface area is 177 Å². The van der Waals surface area contributed by atoms with E-state index < -0.39 is 0 Å². The second-order valence-corrected chi connectivity index (χ2v) is 6.66. The summed E-state index contributed by atoms with van der Waals surface area (Å²) in [6.07, 6.45) is 4.93. The highest BCUT2D eigenvalue weighted by Gasteiger charge is 2.10. The maximum Gasteiger partial charge on any atom is 0.224 e. The van der Waals surface area contributed by atoms with Gasteiger partial charge in [-0.25, -0.2) is 4.99 Å². The zero-order valence-electron chi connectivity index (χ0n) is 15.6. The lowest BCUT2D eigenvalue weighted by Gasteiger charge is -2.08. The highest BCUT2D eigenvalue weighted by Crippen LogP contribution is 2.24. The normalized spacial score (nSPS) is 12.9. The lowest BCUT2D eigenvalue weighted by Crippen LogP contribution is -2.22. The molecule has 6 heteroatoms. The molecule has 0 spiro atoms. The number of nitrogens with one attached hydrogen (secondary N) is 2. The lowest BCUT2D eigenvalue weighted by molar-refractivity contribution is -0.116. The average molecular weight is 478 g/mol. The van der Waals surface area contributed by atoms with Crippen LogP contribution in [0, 0.1) is 0 Å². The Kier molecular flexibility index (Phi) is 8.09. The SMILES string of the molecule is CCCC(=O)Nc1ccc(CN=C(N)Nc2ccc3c(c2)CCC3)cc1.I. The molecule has 0 unspecified atom stereocenters. The van der Waals surface area contributed by atoms with Gasteiger partial charge in [0.25, 0.3) is 0 Å². The number of nitrogens with zero attached hydrogens (tertiary/aromatic N) is 1. The summed E-state index contributed by atoms with van der Waals surface area (Å²) in [5.74, 6) is 0.448. The summed E-state index contributed by atoms with van der Waals surface area (Å²) >= 11 is 0. The molecule has 27 heavy (non-hydrogen) atoms. The lowest BCUT2D eigenvalue weighted by atomic mass is 10.1. The number of hydrogen-bond donors (Lipinski definition) is 3. The number of nitrogens with two attached hydrogens (primary N) is 1. The molecule has 0 saturated carbocycles. The number of fused-ring (bicyclic) bond motifs is 1. The van der Waals surface area contributed by atoms with Gasteiger partial charge >= 0.3 is 0 Å². The number of aryl methyl sites for hydroxylation is 2. The maximum absolute atomic E-state index is 11.6. The number of guanidine groups is 1. The standard InChI is InChI=1S/C21H26N4O.HI/c1-2-4-20(26)24-18-10-7-15(8-11-18)14-23-21(22)25-19-12-9-16-5-3-6-17(16)13-19;/h7-13H,2-6,14H2,1H3,(H,24,26)(H3,22,23,25);1H. The smallest absolute Gasteiger partial charge is 0.224 e. The van der Waals surface area contributed by atoms with Gasteiger partial charge in [0, 0.05) is 17.8 Å². The third-order valence-corrected chi connectivity index (χ3v) is 4.52. The summed E-state index contributed by atoms with van der Waals surface area (Å²) in [5, 5.41) is 6.04. The molecular formula is C21H27IN4O. The van der Waals surface area contributed by atoms with Gasteiger partial charge in [-0.1, -0.05) is 25.1 Å². The number of amides is 1. The monoisotopic (exact) mass is 478 g/mol. The number of carbonyl (C=O) groups excluding carboxylic acids is 1. The van der Waals surface area contributed by atoms with Crippen molar-refractivity contribution >= 4 is 47.2 Å². The zero-order chi connectivity index (χ0) is 18.4. The van der Waals surface area contributed by atoms with E-state index in [1.54, 1.807) is 0 Å². The number of benzene rings is 2. The fourth-order valence-electron chi connectivity index (χ4n) is 3.16. The molecule has 2 aromatic carbocycles. The van der Waals surface area contributed by atoms with Crippen molar-refractivity contribution in [1.82, 2.24) is 0 Å². The van der Waals surface area contributed by atoms with Gasteiger partial charge in [0.2, 0.25) is 5.91 Å². The van der Waals surface area contributed by atoms with Crippen LogP contribution in [0.5, 0.6) is 0 Å². The second-order valence-electron chi connectivity index (χ2n) is 6.66. The van der Waals surface area contributed by atoms with Crippen molar-refractivity contribution in [3.05, 3.63) is 59.2 Å². The molecule has 0 saturated heterocycles.